The molecule has 0 fully saturated rings. The minimum absolute atomic E-state index is 0.148. The molecule has 0 spiro atoms. The molecular weight excluding hydrogens is 402 g/mol. The number of alkyl halides is 1. The molecule has 1 unspecified atom stereocenters. The van der Waals surface area contributed by atoms with E-state index in [2.05, 4.69) is 6.92 Å². The minimum atomic E-state index is -0.317. The van der Waals surface area contributed by atoms with Crippen molar-refractivity contribution in [3.05, 3.63) is 24.0 Å². The number of aromatic nitrogens is 1. The third-order valence-corrected chi connectivity index (χ3v) is 5.57. The molecule has 0 radical (unpaired) electrons. The molecule has 1 rings (SSSR count). The van der Waals surface area contributed by atoms with E-state index in [4.69, 9.17) is 25.8 Å². The number of aryl methyl sites for hydroxylation is 1. The van der Waals surface area contributed by atoms with Crippen LogP contribution in [-0.2, 0) is 20.8 Å². The van der Waals surface area contributed by atoms with Crippen molar-refractivity contribution in [3.63, 3.8) is 0 Å². The molecule has 0 aromatic carbocycles. The second kappa shape index (κ2) is 18.7. The average molecular weight is 444 g/mol. The molecule has 0 amide bonds. The summed E-state index contributed by atoms with van der Waals surface area (Å²) in [4.78, 5) is 12.3. The minimum Gasteiger partial charge on any atom is -0.459 e. The summed E-state index contributed by atoms with van der Waals surface area (Å²) in [6.07, 6.45) is 14.3. The largest absolute Gasteiger partial charge is 0.459 e. The molecule has 0 saturated carbocycles. The lowest BCUT2D eigenvalue weighted by molar-refractivity contribution is 0.0157. The molecular formula is C24H42ClNO4. The van der Waals surface area contributed by atoms with Crippen LogP contribution in [-0.4, -0.2) is 48.9 Å². The van der Waals surface area contributed by atoms with E-state index in [1.165, 1.54) is 51.4 Å². The zero-order valence-electron chi connectivity index (χ0n) is 19.1. The summed E-state index contributed by atoms with van der Waals surface area (Å²) in [5.41, 5.74) is 0.570. The maximum Gasteiger partial charge on any atom is 0.355 e. The molecule has 6 heteroatoms. The monoisotopic (exact) mass is 443 g/mol. The van der Waals surface area contributed by atoms with Crippen molar-refractivity contribution in [2.45, 2.75) is 90.0 Å². The van der Waals surface area contributed by atoms with Crippen molar-refractivity contribution in [1.82, 2.24) is 4.57 Å². The van der Waals surface area contributed by atoms with E-state index >= 15 is 0 Å². The van der Waals surface area contributed by atoms with Gasteiger partial charge in [0.1, 0.15) is 12.3 Å². The van der Waals surface area contributed by atoms with E-state index in [1.54, 1.807) is 6.07 Å². The first kappa shape index (κ1) is 27.0. The Morgan fingerprint density at radius 2 is 1.60 bits per heavy atom. The van der Waals surface area contributed by atoms with Gasteiger partial charge in [-0.15, -0.1) is 11.6 Å². The predicted molar refractivity (Wildman–Crippen MR) is 124 cm³/mol. The third-order valence-electron chi connectivity index (χ3n) is 5.13. The molecule has 1 aromatic heterocycles. The molecule has 1 atom stereocenters. The molecule has 0 N–H and O–H groups in total. The lowest BCUT2D eigenvalue weighted by Crippen LogP contribution is -2.17. The number of nitrogens with zero attached hydrogens (tertiary/aromatic N) is 1. The summed E-state index contributed by atoms with van der Waals surface area (Å²) in [6.45, 7) is 7.30. The third kappa shape index (κ3) is 13.3. The normalized spacial score (nSPS) is 12.2. The Labute approximate surface area is 188 Å². The average Bonchev–Trinajstić information content (AvgIpc) is 3.22. The van der Waals surface area contributed by atoms with Gasteiger partial charge < -0.3 is 18.8 Å². The van der Waals surface area contributed by atoms with Crippen LogP contribution in [0, 0.1) is 0 Å². The Kier molecular flexibility index (Phi) is 16.8. The van der Waals surface area contributed by atoms with Gasteiger partial charge in [0.2, 0.25) is 0 Å². The van der Waals surface area contributed by atoms with Crippen molar-refractivity contribution < 1.29 is 19.0 Å². The lowest BCUT2D eigenvalue weighted by Gasteiger charge is -2.13. The molecule has 0 saturated heterocycles. The first-order chi connectivity index (χ1) is 14.7. The zero-order chi connectivity index (χ0) is 21.9. The number of hydrogen-bond acceptors (Lipinski definition) is 4. The fraction of sp³-hybridized carbons (Fsp3) is 0.792. The number of carbonyl (C=O) groups excluding carboxylic acids is 1. The van der Waals surface area contributed by atoms with Gasteiger partial charge in [-0.25, -0.2) is 4.79 Å². The molecule has 0 aliphatic rings. The highest BCUT2D eigenvalue weighted by molar-refractivity contribution is 6.20. The van der Waals surface area contributed by atoms with Crippen molar-refractivity contribution in [1.29, 1.82) is 0 Å². The number of esters is 1. The topological polar surface area (TPSA) is 49.7 Å². The van der Waals surface area contributed by atoms with Crippen LogP contribution in [0.2, 0.25) is 0 Å². The Hall–Kier alpha value is -1.04. The summed E-state index contributed by atoms with van der Waals surface area (Å²) < 4.78 is 17.8. The summed E-state index contributed by atoms with van der Waals surface area (Å²) in [5, 5.41) is 0.148. The SMILES string of the molecule is CCCCCCCCCCC(Cl)CCn1cccc1C(=O)OCCOCCOCC. The fourth-order valence-corrected chi connectivity index (χ4v) is 3.60. The Morgan fingerprint density at radius 3 is 2.33 bits per heavy atom. The standard InChI is InChI=1S/C24H42ClNO4/c1-3-5-6-7-8-9-10-11-13-22(25)15-17-26-16-12-14-23(26)24(27)30-21-20-29-19-18-28-4-2/h12,14,16,22H,3-11,13,15,17-21H2,1-2H3. The Morgan fingerprint density at radius 1 is 0.933 bits per heavy atom. The summed E-state index contributed by atoms with van der Waals surface area (Å²) in [6, 6.07) is 3.66. The van der Waals surface area contributed by atoms with E-state index in [9.17, 15) is 4.79 Å². The number of rotatable bonds is 20. The first-order valence-electron chi connectivity index (χ1n) is 11.8. The number of hydrogen-bond donors (Lipinski definition) is 0. The van der Waals surface area contributed by atoms with E-state index in [-0.39, 0.29) is 18.0 Å². The molecule has 1 aromatic rings. The fourth-order valence-electron chi connectivity index (χ4n) is 3.35. The Bertz CT molecular complexity index is 535. The molecule has 1 heterocycles. The van der Waals surface area contributed by atoms with Crippen molar-refractivity contribution in [2.24, 2.45) is 0 Å². The summed E-state index contributed by atoms with van der Waals surface area (Å²) >= 11 is 6.51. The van der Waals surface area contributed by atoms with Crippen molar-refractivity contribution >= 4 is 17.6 Å². The smallest absolute Gasteiger partial charge is 0.355 e. The molecule has 30 heavy (non-hydrogen) atoms. The van der Waals surface area contributed by atoms with Gasteiger partial charge >= 0.3 is 5.97 Å². The predicted octanol–water partition coefficient (Wildman–Crippen LogP) is 6.23. The number of halogens is 1. The van der Waals surface area contributed by atoms with Crippen LogP contribution >= 0.6 is 11.6 Å². The first-order valence-corrected chi connectivity index (χ1v) is 12.2. The highest BCUT2D eigenvalue weighted by atomic mass is 35.5. The van der Waals surface area contributed by atoms with Crippen LogP contribution in [0.25, 0.3) is 0 Å². The number of unbranched alkanes of at least 4 members (excludes halogenated alkanes) is 7. The molecule has 0 aliphatic carbocycles. The Balaban J connectivity index is 2.14. The molecule has 0 bridgehead atoms. The number of ether oxygens (including phenoxy) is 3. The summed E-state index contributed by atoms with van der Waals surface area (Å²) in [5.74, 6) is -0.317. The van der Waals surface area contributed by atoms with Gasteiger partial charge in [0.25, 0.3) is 0 Å². The maximum atomic E-state index is 12.3. The highest BCUT2D eigenvalue weighted by Crippen LogP contribution is 2.17. The van der Waals surface area contributed by atoms with Gasteiger partial charge in [-0.05, 0) is 31.9 Å². The second-order valence-corrected chi connectivity index (χ2v) is 8.30. The molecule has 5 nitrogen and oxygen atoms in total. The van der Waals surface area contributed by atoms with Crippen molar-refractivity contribution in [3.8, 4) is 0 Å². The van der Waals surface area contributed by atoms with Gasteiger partial charge in [0.15, 0.2) is 0 Å². The summed E-state index contributed by atoms with van der Waals surface area (Å²) in [7, 11) is 0. The zero-order valence-corrected chi connectivity index (χ0v) is 19.8. The van der Waals surface area contributed by atoms with E-state index in [0.717, 1.165) is 19.4 Å². The highest BCUT2D eigenvalue weighted by Gasteiger charge is 2.13. The van der Waals surface area contributed by atoms with Crippen LogP contribution in [0.15, 0.2) is 18.3 Å². The van der Waals surface area contributed by atoms with Gasteiger partial charge in [0, 0.05) is 24.7 Å². The second-order valence-electron chi connectivity index (χ2n) is 7.68. The van der Waals surface area contributed by atoms with Crippen LogP contribution in [0.3, 0.4) is 0 Å². The van der Waals surface area contributed by atoms with E-state index in [0.29, 0.717) is 32.1 Å². The van der Waals surface area contributed by atoms with Gasteiger partial charge in [0.05, 0.1) is 19.8 Å². The van der Waals surface area contributed by atoms with Crippen molar-refractivity contribution in [2.75, 3.05) is 33.0 Å². The van der Waals surface area contributed by atoms with Gasteiger partial charge in [-0.1, -0.05) is 58.3 Å². The van der Waals surface area contributed by atoms with Gasteiger partial charge in [-0.2, -0.15) is 0 Å². The van der Waals surface area contributed by atoms with Crippen LogP contribution in [0.5, 0.6) is 0 Å². The quantitative estimate of drug-likeness (QED) is 0.136. The van der Waals surface area contributed by atoms with E-state index in [1.807, 2.05) is 23.8 Å². The van der Waals surface area contributed by atoms with Crippen LogP contribution < -0.4 is 0 Å². The number of carbonyl (C=O) groups is 1. The molecule has 0 aliphatic heterocycles. The molecule has 174 valence electrons. The van der Waals surface area contributed by atoms with Crippen LogP contribution in [0.4, 0.5) is 0 Å². The van der Waals surface area contributed by atoms with Crippen LogP contribution in [0.1, 0.15) is 88.5 Å². The van der Waals surface area contributed by atoms with E-state index < -0.39 is 0 Å². The lowest BCUT2D eigenvalue weighted by atomic mass is 10.1. The maximum absolute atomic E-state index is 12.3. The van der Waals surface area contributed by atoms with Gasteiger partial charge in [-0.3, -0.25) is 0 Å².